The summed E-state index contributed by atoms with van der Waals surface area (Å²) in [4.78, 5) is 10.4. The van der Waals surface area contributed by atoms with Crippen molar-refractivity contribution < 1.29 is 9.53 Å². The molecule has 0 aliphatic carbocycles. The largest absolute Gasteiger partial charge is 0.463 e. The first-order valence-electron chi connectivity index (χ1n) is 10.8. The molecule has 2 nitrogen and oxygen atoms in total. The monoisotopic (exact) mass is 342 g/mol. The van der Waals surface area contributed by atoms with Crippen LogP contribution in [0.5, 0.6) is 0 Å². The SMILES string of the molecule is CCC(=O)OC(C)C.CCCCCCCCCCCCCCCC. The van der Waals surface area contributed by atoms with Crippen molar-refractivity contribution in [3.63, 3.8) is 0 Å². The molecule has 0 atom stereocenters. The van der Waals surface area contributed by atoms with E-state index in [4.69, 9.17) is 4.74 Å². The minimum atomic E-state index is -0.125. The third-order valence-electron chi connectivity index (χ3n) is 4.11. The molecule has 0 aromatic carbocycles. The summed E-state index contributed by atoms with van der Waals surface area (Å²) in [5.74, 6) is -0.125. The van der Waals surface area contributed by atoms with E-state index in [2.05, 4.69) is 13.8 Å². The summed E-state index contributed by atoms with van der Waals surface area (Å²) < 4.78 is 4.76. The van der Waals surface area contributed by atoms with Gasteiger partial charge in [0.05, 0.1) is 6.10 Å². The van der Waals surface area contributed by atoms with E-state index in [0.717, 1.165) is 0 Å². The minimum absolute atomic E-state index is 0.0300. The molecule has 0 aliphatic heterocycles. The van der Waals surface area contributed by atoms with Gasteiger partial charge in [-0.25, -0.2) is 0 Å². The highest BCUT2D eigenvalue weighted by Gasteiger charge is 1.99. The molecule has 146 valence electrons. The summed E-state index contributed by atoms with van der Waals surface area (Å²) in [5.41, 5.74) is 0. The molecular weight excluding hydrogens is 296 g/mol. The van der Waals surface area contributed by atoms with Gasteiger partial charge in [0.2, 0.25) is 0 Å². The zero-order valence-electron chi connectivity index (χ0n) is 17.5. The average Bonchev–Trinajstić information content (AvgIpc) is 2.56. The lowest BCUT2D eigenvalue weighted by atomic mass is 10.0. The molecule has 0 N–H and O–H groups in total. The van der Waals surface area contributed by atoms with Crippen LogP contribution < -0.4 is 0 Å². The van der Waals surface area contributed by atoms with Crippen molar-refractivity contribution in [2.24, 2.45) is 0 Å². The number of hydrogen-bond donors (Lipinski definition) is 0. The molecule has 2 heteroatoms. The van der Waals surface area contributed by atoms with E-state index in [1.165, 1.54) is 89.9 Å². The van der Waals surface area contributed by atoms with Crippen molar-refractivity contribution in [3.8, 4) is 0 Å². The molecule has 0 amide bonds. The number of unbranched alkanes of at least 4 members (excludes halogenated alkanes) is 13. The van der Waals surface area contributed by atoms with E-state index in [1.54, 1.807) is 6.92 Å². The standard InChI is InChI=1S/C16H34.C6H12O2/c1-3-5-7-9-11-13-15-16-14-12-10-8-6-4-2;1-4-6(7)8-5(2)3/h3-16H2,1-2H3;5H,4H2,1-3H3. The van der Waals surface area contributed by atoms with Gasteiger partial charge in [-0.05, 0) is 13.8 Å². The van der Waals surface area contributed by atoms with E-state index in [1.807, 2.05) is 13.8 Å². The van der Waals surface area contributed by atoms with Crippen LogP contribution in [0.1, 0.15) is 131 Å². The smallest absolute Gasteiger partial charge is 0.305 e. The van der Waals surface area contributed by atoms with E-state index < -0.39 is 0 Å². The van der Waals surface area contributed by atoms with Crippen LogP contribution in [-0.4, -0.2) is 12.1 Å². The van der Waals surface area contributed by atoms with Gasteiger partial charge in [-0.1, -0.05) is 111 Å². The van der Waals surface area contributed by atoms with Crippen molar-refractivity contribution in [3.05, 3.63) is 0 Å². The Bertz CT molecular complexity index is 222. The lowest BCUT2D eigenvalue weighted by molar-refractivity contribution is -0.146. The first kappa shape index (κ1) is 25.7. The summed E-state index contributed by atoms with van der Waals surface area (Å²) in [7, 11) is 0. The maximum absolute atomic E-state index is 10.4. The van der Waals surface area contributed by atoms with Crippen LogP contribution in [0, 0.1) is 0 Å². The van der Waals surface area contributed by atoms with Crippen LogP contribution in [0.15, 0.2) is 0 Å². The summed E-state index contributed by atoms with van der Waals surface area (Å²) in [6, 6.07) is 0. The second-order valence-corrected chi connectivity index (χ2v) is 7.13. The molecule has 0 saturated carbocycles. The fraction of sp³-hybridized carbons (Fsp3) is 0.955. The van der Waals surface area contributed by atoms with Crippen molar-refractivity contribution in [1.29, 1.82) is 0 Å². The first-order chi connectivity index (χ1) is 11.6. The van der Waals surface area contributed by atoms with Crippen molar-refractivity contribution in [2.75, 3.05) is 0 Å². The van der Waals surface area contributed by atoms with Crippen LogP contribution in [0.25, 0.3) is 0 Å². The van der Waals surface area contributed by atoms with E-state index >= 15 is 0 Å². The molecule has 0 heterocycles. The number of carbonyl (C=O) groups is 1. The van der Waals surface area contributed by atoms with E-state index in [0.29, 0.717) is 6.42 Å². The lowest BCUT2D eigenvalue weighted by Crippen LogP contribution is -2.09. The Hall–Kier alpha value is -0.530. The lowest BCUT2D eigenvalue weighted by Gasteiger charge is -2.04. The van der Waals surface area contributed by atoms with Gasteiger partial charge in [0, 0.05) is 6.42 Å². The predicted molar refractivity (Wildman–Crippen MR) is 108 cm³/mol. The van der Waals surface area contributed by atoms with E-state index in [-0.39, 0.29) is 12.1 Å². The minimum Gasteiger partial charge on any atom is -0.463 e. The Balaban J connectivity index is 0. The van der Waals surface area contributed by atoms with Crippen LogP contribution in [0.2, 0.25) is 0 Å². The molecule has 0 bridgehead atoms. The summed E-state index contributed by atoms with van der Waals surface area (Å²) in [6.45, 7) is 10.0. The molecular formula is C22H46O2. The van der Waals surface area contributed by atoms with Gasteiger partial charge in [-0.15, -0.1) is 0 Å². The Morgan fingerprint density at radius 1 is 0.625 bits per heavy atom. The Morgan fingerprint density at radius 3 is 1.08 bits per heavy atom. The Kier molecular flexibility index (Phi) is 24.1. The normalized spacial score (nSPS) is 10.4. The Labute approximate surface area is 153 Å². The predicted octanol–water partition coefficient (Wildman–Crippen LogP) is 7.84. The molecule has 0 aliphatic rings. The van der Waals surface area contributed by atoms with Crippen molar-refractivity contribution >= 4 is 5.97 Å². The third-order valence-corrected chi connectivity index (χ3v) is 4.11. The molecule has 0 saturated heterocycles. The van der Waals surface area contributed by atoms with Crippen LogP contribution in [0.4, 0.5) is 0 Å². The van der Waals surface area contributed by atoms with Crippen LogP contribution in [0.3, 0.4) is 0 Å². The van der Waals surface area contributed by atoms with Gasteiger partial charge in [-0.2, -0.15) is 0 Å². The maximum atomic E-state index is 10.4. The first-order valence-corrected chi connectivity index (χ1v) is 10.8. The number of ether oxygens (including phenoxy) is 1. The summed E-state index contributed by atoms with van der Waals surface area (Å²) in [6.07, 6.45) is 20.9. The highest BCUT2D eigenvalue weighted by molar-refractivity contribution is 5.68. The molecule has 0 unspecified atom stereocenters. The van der Waals surface area contributed by atoms with Crippen molar-refractivity contribution in [1.82, 2.24) is 0 Å². The van der Waals surface area contributed by atoms with Gasteiger partial charge in [-0.3, -0.25) is 4.79 Å². The van der Waals surface area contributed by atoms with Crippen molar-refractivity contribution in [2.45, 2.75) is 137 Å². The van der Waals surface area contributed by atoms with Gasteiger partial charge >= 0.3 is 5.97 Å². The summed E-state index contributed by atoms with van der Waals surface area (Å²) >= 11 is 0. The number of rotatable bonds is 15. The maximum Gasteiger partial charge on any atom is 0.305 e. The number of carbonyl (C=O) groups excluding carboxylic acids is 1. The second-order valence-electron chi connectivity index (χ2n) is 7.13. The number of hydrogen-bond acceptors (Lipinski definition) is 2. The Morgan fingerprint density at radius 2 is 0.917 bits per heavy atom. The molecule has 24 heavy (non-hydrogen) atoms. The second kappa shape index (κ2) is 22.5. The molecule has 0 spiro atoms. The molecule has 0 aromatic rings. The van der Waals surface area contributed by atoms with Gasteiger partial charge in [0.25, 0.3) is 0 Å². The average molecular weight is 343 g/mol. The quantitative estimate of drug-likeness (QED) is 0.224. The highest BCUT2D eigenvalue weighted by Crippen LogP contribution is 2.12. The van der Waals surface area contributed by atoms with E-state index in [9.17, 15) is 4.79 Å². The fourth-order valence-electron chi connectivity index (χ4n) is 2.61. The molecule has 0 radical (unpaired) electrons. The van der Waals surface area contributed by atoms with Crippen LogP contribution >= 0.6 is 0 Å². The zero-order chi connectivity index (χ0) is 18.5. The van der Waals surface area contributed by atoms with Gasteiger partial charge in [0.1, 0.15) is 0 Å². The topological polar surface area (TPSA) is 26.3 Å². The van der Waals surface area contributed by atoms with Crippen LogP contribution in [-0.2, 0) is 9.53 Å². The zero-order valence-corrected chi connectivity index (χ0v) is 17.5. The molecule has 0 aromatic heterocycles. The molecule has 0 fully saturated rings. The van der Waals surface area contributed by atoms with Gasteiger partial charge < -0.3 is 4.74 Å². The highest BCUT2D eigenvalue weighted by atomic mass is 16.5. The van der Waals surface area contributed by atoms with Gasteiger partial charge in [0.15, 0.2) is 0 Å². The third kappa shape index (κ3) is 26.4. The number of esters is 1. The summed E-state index contributed by atoms with van der Waals surface area (Å²) in [5, 5.41) is 0. The molecule has 0 rings (SSSR count). The fourth-order valence-corrected chi connectivity index (χ4v) is 2.61.